The minimum absolute atomic E-state index is 0.0540. The van der Waals surface area contributed by atoms with Gasteiger partial charge in [-0.05, 0) is 42.0 Å². The Balaban J connectivity index is 1.69. The Labute approximate surface area is 198 Å². The standard InChI is InChI=1S/C19H19BrClN5O3S2/c20-15-3-1-14(2-4-15)11-26(31(28,29)17-7-5-16(21)6-8-17)12-18(27)22-9-10-30-19-23-13-24-25-19/h1-8,13H,9-12H2,(H,22,27)(H,23,24,25). The van der Waals surface area contributed by atoms with Crippen molar-refractivity contribution in [2.24, 2.45) is 0 Å². The molecule has 0 aliphatic heterocycles. The summed E-state index contributed by atoms with van der Waals surface area (Å²) in [5, 5.41) is 10.3. The summed E-state index contributed by atoms with van der Waals surface area (Å²) >= 11 is 10.7. The maximum atomic E-state index is 13.2. The van der Waals surface area contributed by atoms with Crippen molar-refractivity contribution in [2.75, 3.05) is 18.8 Å². The van der Waals surface area contributed by atoms with Gasteiger partial charge in [-0.25, -0.2) is 13.4 Å². The van der Waals surface area contributed by atoms with Gasteiger partial charge in [0.25, 0.3) is 0 Å². The van der Waals surface area contributed by atoms with Crippen molar-refractivity contribution in [3.05, 3.63) is 69.9 Å². The monoisotopic (exact) mass is 543 g/mol. The average Bonchev–Trinajstić information content (AvgIpc) is 3.26. The lowest BCUT2D eigenvalue weighted by molar-refractivity contribution is -0.121. The highest BCUT2D eigenvalue weighted by molar-refractivity contribution is 9.10. The number of hydrogen-bond acceptors (Lipinski definition) is 6. The Morgan fingerprint density at radius 3 is 2.52 bits per heavy atom. The van der Waals surface area contributed by atoms with Gasteiger partial charge in [-0.3, -0.25) is 9.89 Å². The lowest BCUT2D eigenvalue weighted by Crippen LogP contribution is -2.40. The SMILES string of the molecule is O=C(CN(Cc1ccc(Br)cc1)S(=O)(=O)c1ccc(Cl)cc1)NCCSc1ncn[nH]1. The van der Waals surface area contributed by atoms with Crippen LogP contribution in [0.2, 0.25) is 5.02 Å². The first-order valence-corrected chi connectivity index (χ1v) is 12.7. The lowest BCUT2D eigenvalue weighted by atomic mass is 10.2. The molecule has 2 aromatic carbocycles. The van der Waals surface area contributed by atoms with E-state index < -0.39 is 15.9 Å². The molecule has 0 radical (unpaired) electrons. The third-order valence-electron chi connectivity index (χ3n) is 4.10. The summed E-state index contributed by atoms with van der Waals surface area (Å²) in [4.78, 5) is 16.6. The molecule has 0 saturated carbocycles. The van der Waals surface area contributed by atoms with Gasteiger partial charge in [0.15, 0.2) is 5.16 Å². The number of amides is 1. The van der Waals surface area contributed by atoms with Crippen LogP contribution in [0.15, 0.2) is 69.4 Å². The molecule has 0 aliphatic rings. The molecule has 0 bridgehead atoms. The molecule has 2 N–H and O–H groups in total. The first-order chi connectivity index (χ1) is 14.8. The number of halogens is 2. The van der Waals surface area contributed by atoms with Gasteiger partial charge in [-0.2, -0.15) is 9.40 Å². The first kappa shape index (κ1) is 23.7. The molecule has 164 valence electrons. The number of benzene rings is 2. The zero-order valence-corrected chi connectivity index (χ0v) is 20.1. The Kier molecular flexibility index (Phi) is 8.50. The van der Waals surface area contributed by atoms with E-state index >= 15 is 0 Å². The molecule has 1 amide bonds. The number of nitrogens with zero attached hydrogens (tertiary/aromatic N) is 3. The number of carbonyl (C=O) groups excluding carboxylic acids is 1. The number of H-pyrrole nitrogens is 1. The topological polar surface area (TPSA) is 108 Å². The number of thioether (sulfide) groups is 1. The van der Waals surface area contributed by atoms with Crippen LogP contribution in [0.3, 0.4) is 0 Å². The average molecular weight is 545 g/mol. The number of sulfonamides is 1. The second kappa shape index (κ2) is 11.1. The molecule has 3 aromatic rings. The van der Waals surface area contributed by atoms with Crippen LogP contribution in [0, 0.1) is 0 Å². The fourth-order valence-electron chi connectivity index (χ4n) is 2.59. The van der Waals surface area contributed by atoms with E-state index in [1.165, 1.54) is 42.4 Å². The molecular formula is C19H19BrClN5O3S2. The van der Waals surface area contributed by atoms with Gasteiger partial charge < -0.3 is 5.32 Å². The second-order valence-electron chi connectivity index (χ2n) is 6.34. The largest absolute Gasteiger partial charge is 0.354 e. The van der Waals surface area contributed by atoms with Crippen LogP contribution in [0.1, 0.15) is 5.56 Å². The van der Waals surface area contributed by atoms with E-state index in [0.29, 0.717) is 22.5 Å². The predicted molar refractivity (Wildman–Crippen MR) is 123 cm³/mol. The third kappa shape index (κ3) is 7.04. The molecule has 12 heteroatoms. The number of hydrogen-bond donors (Lipinski definition) is 2. The summed E-state index contributed by atoms with van der Waals surface area (Å²) in [5.41, 5.74) is 0.759. The minimum atomic E-state index is -3.91. The van der Waals surface area contributed by atoms with Crippen molar-refractivity contribution in [3.63, 3.8) is 0 Å². The van der Waals surface area contributed by atoms with Gasteiger partial charge in [0.05, 0.1) is 11.4 Å². The highest BCUT2D eigenvalue weighted by atomic mass is 79.9. The van der Waals surface area contributed by atoms with Gasteiger partial charge in [0.1, 0.15) is 6.33 Å². The Morgan fingerprint density at radius 1 is 1.16 bits per heavy atom. The van der Waals surface area contributed by atoms with E-state index in [2.05, 4.69) is 36.4 Å². The van der Waals surface area contributed by atoms with E-state index in [-0.39, 0.29) is 18.0 Å². The molecule has 8 nitrogen and oxygen atoms in total. The molecule has 31 heavy (non-hydrogen) atoms. The lowest BCUT2D eigenvalue weighted by Gasteiger charge is -2.22. The van der Waals surface area contributed by atoms with Crippen LogP contribution >= 0.6 is 39.3 Å². The second-order valence-corrected chi connectivity index (χ2v) is 10.7. The van der Waals surface area contributed by atoms with Crippen LogP contribution in [-0.2, 0) is 21.4 Å². The summed E-state index contributed by atoms with van der Waals surface area (Å²) in [6.45, 7) is 0.101. The molecule has 0 saturated heterocycles. The predicted octanol–water partition coefficient (Wildman–Crippen LogP) is 3.32. The Morgan fingerprint density at radius 2 is 1.87 bits per heavy atom. The van der Waals surface area contributed by atoms with Gasteiger partial charge in [-0.15, -0.1) is 0 Å². The molecule has 0 spiro atoms. The van der Waals surface area contributed by atoms with Gasteiger partial charge in [0, 0.05) is 28.3 Å². The summed E-state index contributed by atoms with van der Waals surface area (Å²) in [6.07, 6.45) is 1.41. The molecule has 0 aliphatic carbocycles. The van der Waals surface area contributed by atoms with Crippen molar-refractivity contribution < 1.29 is 13.2 Å². The fraction of sp³-hybridized carbons (Fsp3) is 0.211. The Bertz CT molecular complexity index is 1090. The molecule has 0 unspecified atom stereocenters. The van der Waals surface area contributed by atoms with Crippen LogP contribution in [0.25, 0.3) is 0 Å². The number of aromatic nitrogens is 3. The fourth-order valence-corrected chi connectivity index (χ4v) is 5.00. The summed E-state index contributed by atoms with van der Waals surface area (Å²) in [6, 6.07) is 13.1. The molecular weight excluding hydrogens is 526 g/mol. The smallest absolute Gasteiger partial charge is 0.243 e. The van der Waals surface area contributed by atoms with Gasteiger partial charge in [0.2, 0.25) is 15.9 Å². The number of rotatable bonds is 10. The van der Waals surface area contributed by atoms with Crippen LogP contribution in [-0.4, -0.2) is 52.7 Å². The molecule has 1 aromatic heterocycles. The van der Waals surface area contributed by atoms with Crippen molar-refractivity contribution in [2.45, 2.75) is 16.6 Å². The highest BCUT2D eigenvalue weighted by Gasteiger charge is 2.27. The third-order valence-corrected chi connectivity index (χ3v) is 7.56. The summed E-state index contributed by atoms with van der Waals surface area (Å²) < 4.78 is 28.4. The van der Waals surface area contributed by atoms with Crippen molar-refractivity contribution in [1.82, 2.24) is 24.8 Å². The number of carbonyl (C=O) groups is 1. The van der Waals surface area contributed by atoms with Gasteiger partial charge in [-0.1, -0.05) is 51.4 Å². The summed E-state index contributed by atoms with van der Waals surface area (Å²) in [7, 11) is -3.91. The molecule has 1 heterocycles. The van der Waals surface area contributed by atoms with Gasteiger partial charge >= 0.3 is 0 Å². The van der Waals surface area contributed by atoms with Crippen LogP contribution in [0.5, 0.6) is 0 Å². The zero-order chi connectivity index (χ0) is 22.3. The molecule has 0 atom stereocenters. The summed E-state index contributed by atoms with van der Waals surface area (Å²) in [5.74, 6) is 0.172. The maximum absolute atomic E-state index is 13.2. The number of nitrogens with one attached hydrogen (secondary N) is 2. The van der Waals surface area contributed by atoms with Crippen molar-refractivity contribution >= 4 is 55.2 Å². The first-order valence-electron chi connectivity index (χ1n) is 9.09. The minimum Gasteiger partial charge on any atom is -0.354 e. The maximum Gasteiger partial charge on any atom is 0.243 e. The van der Waals surface area contributed by atoms with E-state index in [9.17, 15) is 13.2 Å². The normalized spacial score (nSPS) is 11.6. The van der Waals surface area contributed by atoms with E-state index in [1.54, 1.807) is 12.1 Å². The van der Waals surface area contributed by atoms with Crippen molar-refractivity contribution in [1.29, 1.82) is 0 Å². The van der Waals surface area contributed by atoms with E-state index in [1.807, 2.05) is 12.1 Å². The number of aromatic amines is 1. The quantitative estimate of drug-likeness (QED) is 0.299. The molecule has 3 rings (SSSR count). The molecule has 0 fully saturated rings. The van der Waals surface area contributed by atoms with Crippen molar-refractivity contribution in [3.8, 4) is 0 Å². The van der Waals surface area contributed by atoms with Crippen LogP contribution in [0.4, 0.5) is 0 Å². The zero-order valence-electron chi connectivity index (χ0n) is 16.2. The van der Waals surface area contributed by atoms with Crippen LogP contribution < -0.4 is 5.32 Å². The highest BCUT2D eigenvalue weighted by Crippen LogP contribution is 2.21. The van der Waals surface area contributed by atoms with E-state index in [4.69, 9.17) is 11.6 Å². The Hall–Kier alpha value is -1.92. The van der Waals surface area contributed by atoms with E-state index in [0.717, 1.165) is 14.3 Å².